The zero-order valence-corrected chi connectivity index (χ0v) is 13.9. The maximum Gasteiger partial charge on any atom is 0.269 e. The third kappa shape index (κ3) is 3.57. The van der Waals surface area contributed by atoms with Crippen molar-refractivity contribution in [3.05, 3.63) is 51.8 Å². The Morgan fingerprint density at radius 2 is 1.96 bits per heavy atom. The van der Waals surface area contributed by atoms with Crippen molar-refractivity contribution in [1.82, 2.24) is 14.5 Å². The second-order valence-electron chi connectivity index (χ2n) is 5.10. The van der Waals surface area contributed by atoms with Crippen LogP contribution < -0.4 is 4.72 Å². The number of sulfonamides is 1. The minimum atomic E-state index is -3.77. The molecule has 0 bridgehead atoms. The molecule has 124 valence electrons. The third-order valence-electron chi connectivity index (χ3n) is 3.60. The molecule has 0 saturated heterocycles. The van der Waals surface area contributed by atoms with Crippen molar-refractivity contribution >= 4 is 15.7 Å². The van der Waals surface area contributed by atoms with Crippen LogP contribution in [0.4, 0.5) is 5.69 Å². The van der Waals surface area contributed by atoms with E-state index in [9.17, 15) is 18.5 Å². The molecule has 1 aromatic heterocycles. The number of benzene rings is 1. The number of nitro benzene ring substituents is 1. The van der Waals surface area contributed by atoms with Gasteiger partial charge in [0.2, 0.25) is 10.0 Å². The van der Waals surface area contributed by atoms with Crippen LogP contribution in [-0.4, -0.2) is 23.1 Å². The van der Waals surface area contributed by atoms with Gasteiger partial charge in [0.25, 0.3) is 5.69 Å². The fraction of sp³-hybridized carbons (Fsp3) is 0.357. The number of rotatable bonds is 6. The van der Waals surface area contributed by atoms with E-state index in [1.54, 1.807) is 17.8 Å². The summed E-state index contributed by atoms with van der Waals surface area (Å²) < 4.78 is 29.1. The van der Waals surface area contributed by atoms with Crippen LogP contribution in [0.15, 0.2) is 35.4 Å². The van der Waals surface area contributed by atoms with Crippen LogP contribution in [0.2, 0.25) is 0 Å². The molecule has 0 amide bonds. The first-order valence-corrected chi connectivity index (χ1v) is 8.53. The van der Waals surface area contributed by atoms with Crippen LogP contribution in [0.3, 0.4) is 0 Å². The predicted molar refractivity (Wildman–Crippen MR) is 84.5 cm³/mol. The van der Waals surface area contributed by atoms with Crippen molar-refractivity contribution in [3.63, 3.8) is 0 Å². The lowest BCUT2D eigenvalue weighted by Crippen LogP contribution is -2.27. The molecule has 2 rings (SSSR count). The Morgan fingerprint density at radius 1 is 1.35 bits per heavy atom. The average Bonchev–Trinajstić information content (AvgIpc) is 2.87. The normalized spacial score (nSPS) is 13.0. The highest BCUT2D eigenvalue weighted by molar-refractivity contribution is 7.89. The highest BCUT2D eigenvalue weighted by Gasteiger charge is 2.21. The lowest BCUT2D eigenvalue weighted by molar-refractivity contribution is -0.384. The third-order valence-corrected chi connectivity index (χ3v) is 5.15. The zero-order chi connectivity index (χ0) is 17.2. The molecule has 8 nitrogen and oxygen atoms in total. The number of aromatic nitrogens is 2. The number of non-ortho nitro benzene ring substituents is 1. The van der Waals surface area contributed by atoms with Crippen LogP contribution in [0, 0.1) is 17.0 Å². The van der Waals surface area contributed by atoms with E-state index in [-0.39, 0.29) is 10.6 Å². The summed E-state index contributed by atoms with van der Waals surface area (Å²) >= 11 is 0. The van der Waals surface area contributed by atoms with E-state index in [2.05, 4.69) is 9.82 Å². The SMILES string of the molecule is CCn1ncc(C(C)NS(=O)(=O)c2ccc([N+](=O)[O-])cc2)c1C. The van der Waals surface area contributed by atoms with Crippen molar-refractivity contribution in [2.45, 2.75) is 38.3 Å². The Kier molecular flexibility index (Phi) is 4.81. The summed E-state index contributed by atoms with van der Waals surface area (Å²) in [5, 5.41) is 14.8. The summed E-state index contributed by atoms with van der Waals surface area (Å²) in [6.07, 6.45) is 1.64. The Bertz CT molecular complexity index is 812. The molecule has 1 N–H and O–H groups in total. The van der Waals surface area contributed by atoms with Crippen LogP contribution in [0.25, 0.3) is 0 Å². The second-order valence-corrected chi connectivity index (χ2v) is 6.81. The van der Waals surface area contributed by atoms with Gasteiger partial charge in [-0.1, -0.05) is 0 Å². The van der Waals surface area contributed by atoms with Crippen molar-refractivity contribution < 1.29 is 13.3 Å². The maximum atomic E-state index is 12.4. The molecule has 0 fully saturated rings. The minimum Gasteiger partial charge on any atom is -0.270 e. The molecule has 9 heteroatoms. The number of nitro groups is 1. The molecule has 0 radical (unpaired) electrons. The van der Waals surface area contributed by atoms with Crippen molar-refractivity contribution in [3.8, 4) is 0 Å². The molecular weight excluding hydrogens is 320 g/mol. The van der Waals surface area contributed by atoms with Crippen molar-refractivity contribution in [2.75, 3.05) is 0 Å². The van der Waals surface area contributed by atoms with Crippen LogP contribution in [0.5, 0.6) is 0 Å². The first-order chi connectivity index (χ1) is 10.8. The average molecular weight is 338 g/mol. The topological polar surface area (TPSA) is 107 Å². The predicted octanol–water partition coefficient (Wildman–Crippen LogP) is 2.16. The largest absolute Gasteiger partial charge is 0.270 e. The summed E-state index contributed by atoms with van der Waals surface area (Å²) in [5.74, 6) is 0. The van der Waals surface area contributed by atoms with Crippen molar-refractivity contribution in [2.24, 2.45) is 0 Å². The Balaban J connectivity index is 2.23. The van der Waals surface area contributed by atoms with Gasteiger partial charge in [-0.2, -0.15) is 5.10 Å². The minimum absolute atomic E-state index is 0.0181. The fourth-order valence-corrected chi connectivity index (χ4v) is 3.54. The molecule has 0 aliphatic carbocycles. The lowest BCUT2D eigenvalue weighted by Gasteiger charge is -2.14. The van der Waals surface area contributed by atoms with E-state index in [0.29, 0.717) is 6.54 Å². The van der Waals surface area contributed by atoms with Gasteiger partial charge in [0, 0.05) is 36.0 Å². The second kappa shape index (κ2) is 6.47. The number of hydrogen-bond donors (Lipinski definition) is 1. The highest BCUT2D eigenvalue weighted by Crippen LogP contribution is 2.21. The summed E-state index contributed by atoms with van der Waals surface area (Å²) in [4.78, 5) is 10.0. The number of nitrogens with zero attached hydrogens (tertiary/aromatic N) is 3. The van der Waals surface area contributed by atoms with Gasteiger partial charge in [-0.3, -0.25) is 14.8 Å². The van der Waals surface area contributed by atoms with E-state index < -0.39 is 21.0 Å². The van der Waals surface area contributed by atoms with E-state index in [1.807, 2.05) is 13.8 Å². The summed E-state index contributed by atoms with van der Waals surface area (Å²) in [6, 6.07) is 4.31. The molecule has 0 aliphatic rings. The van der Waals surface area contributed by atoms with Gasteiger partial charge in [-0.15, -0.1) is 0 Å². The van der Waals surface area contributed by atoms with E-state index in [4.69, 9.17) is 0 Å². The van der Waals surface area contributed by atoms with Gasteiger partial charge in [0.1, 0.15) is 0 Å². The quantitative estimate of drug-likeness (QED) is 0.641. The van der Waals surface area contributed by atoms with Crippen LogP contribution in [-0.2, 0) is 16.6 Å². The smallest absolute Gasteiger partial charge is 0.269 e. The molecule has 0 spiro atoms. The fourth-order valence-electron chi connectivity index (χ4n) is 2.32. The standard InChI is InChI=1S/C14H18N4O4S/c1-4-17-11(3)14(9-15-17)10(2)16-23(21,22)13-7-5-12(6-8-13)18(19)20/h5-10,16H,4H2,1-3H3. The monoisotopic (exact) mass is 338 g/mol. The molecule has 2 aromatic rings. The van der Waals surface area contributed by atoms with Gasteiger partial charge in [0.05, 0.1) is 16.0 Å². The number of nitrogens with one attached hydrogen (secondary N) is 1. The Labute approximate surface area is 134 Å². The summed E-state index contributed by atoms with van der Waals surface area (Å²) in [5.41, 5.74) is 1.53. The summed E-state index contributed by atoms with van der Waals surface area (Å²) in [6.45, 7) is 6.26. The Morgan fingerprint density at radius 3 is 2.43 bits per heavy atom. The molecule has 1 atom stereocenters. The van der Waals surface area contributed by atoms with E-state index >= 15 is 0 Å². The molecule has 23 heavy (non-hydrogen) atoms. The van der Waals surface area contributed by atoms with Crippen LogP contribution in [0.1, 0.15) is 31.1 Å². The van der Waals surface area contributed by atoms with Gasteiger partial charge < -0.3 is 0 Å². The molecule has 0 aliphatic heterocycles. The van der Waals surface area contributed by atoms with E-state index in [0.717, 1.165) is 11.3 Å². The number of hydrogen-bond acceptors (Lipinski definition) is 5. The first-order valence-electron chi connectivity index (χ1n) is 7.05. The molecule has 0 saturated carbocycles. The van der Waals surface area contributed by atoms with E-state index in [1.165, 1.54) is 24.3 Å². The van der Waals surface area contributed by atoms with Gasteiger partial charge in [-0.05, 0) is 32.9 Å². The first kappa shape index (κ1) is 17.1. The molecular formula is C14H18N4O4S. The number of aryl methyl sites for hydroxylation is 1. The Hall–Kier alpha value is -2.26. The van der Waals surface area contributed by atoms with Gasteiger partial charge in [-0.25, -0.2) is 13.1 Å². The molecule has 1 unspecified atom stereocenters. The van der Waals surface area contributed by atoms with Crippen molar-refractivity contribution in [1.29, 1.82) is 0 Å². The van der Waals surface area contributed by atoms with Gasteiger partial charge in [0.15, 0.2) is 0 Å². The molecule has 1 heterocycles. The summed E-state index contributed by atoms with van der Waals surface area (Å²) in [7, 11) is -3.77. The van der Waals surface area contributed by atoms with Crippen LogP contribution >= 0.6 is 0 Å². The highest BCUT2D eigenvalue weighted by atomic mass is 32.2. The van der Waals surface area contributed by atoms with Gasteiger partial charge >= 0.3 is 0 Å². The molecule has 1 aromatic carbocycles. The maximum absolute atomic E-state index is 12.4. The zero-order valence-electron chi connectivity index (χ0n) is 13.1. The lowest BCUT2D eigenvalue weighted by atomic mass is 10.1.